The zero-order valence-corrected chi connectivity index (χ0v) is 24.4. The summed E-state index contributed by atoms with van der Waals surface area (Å²) in [7, 11) is -4.07. The van der Waals surface area contributed by atoms with Gasteiger partial charge in [0.15, 0.2) is 0 Å². The van der Waals surface area contributed by atoms with Crippen LogP contribution < -0.4 is 10.4 Å². The maximum absolute atomic E-state index is 13.9. The lowest BCUT2D eigenvalue weighted by Crippen LogP contribution is -2.55. The molecule has 0 unspecified atom stereocenters. The van der Waals surface area contributed by atoms with Crippen LogP contribution in [-0.2, 0) is 27.8 Å². The zero-order chi connectivity index (χ0) is 30.1. The van der Waals surface area contributed by atoms with Crippen molar-refractivity contribution in [1.82, 2.24) is 14.2 Å². The maximum Gasteiger partial charge on any atom is 0.243 e. The highest BCUT2D eigenvalue weighted by molar-refractivity contribution is 7.89. The molecule has 2 N–H and O–H groups in total. The fourth-order valence-corrected chi connectivity index (χ4v) is 6.99. The van der Waals surface area contributed by atoms with Crippen molar-refractivity contribution in [3.63, 3.8) is 0 Å². The minimum absolute atomic E-state index is 0.0218. The van der Waals surface area contributed by atoms with Gasteiger partial charge in [-0.3, -0.25) is 9.78 Å². The third kappa shape index (κ3) is 8.37. The lowest BCUT2D eigenvalue weighted by molar-refractivity contribution is -0.270. The molecule has 224 valence electrons. The van der Waals surface area contributed by atoms with E-state index in [9.17, 15) is 28.2 Å². The molecule has 1 aliphatic carbocycles. The lowest BCUT2D eigenvalue weighted by Gasteiger charge is -2.39. The number of rotatable bonds is 13. The van der Waals surface area contributed by atoms with E-state index in [4.69, 9.17) is 0 Å². The number of anilines is 1. The van der Waals surface area contributed by atoms with Crippen LogP contribution in [0.1, 0.15) is 43.7 Å². The molecule has 11 heteroatoms. The van der Waals surface area contributed by atoms with Gasteiger partial charge in [-0.05, 0) is 66.6 Å². The first-order valence-corrected chi connectivity index (χ1v) is 15.5. The summed E-state index contributed by atoms with van der Waals surface area (Å²) in [5.74, 6) is -0.143. The van der Waals surface area contributed by atoms with E-state index in [2.05, 4.69) is 10.3 Å². The number of nitrogens with zero attached hydrogens (tertiary/aromatic N) is 3. The van der Waals surface area contributed by atoms with Gasteiger partial charge in [0.2, 0.25) is 15.9 Å². The molecule has 1 aliphatic rings. The summed E-state index contributed by atoms with van der Waals surface area (Å²) >= 11 is 0. The molecule has 2 amide bonds. The average molecular weight is 594 g/mol. The second-order valence-corrected chi connectivity index (χ2v) is 12.7. The molecule has 4 rings (SSSR count). The van der Waals surface area contributed by atoms with E-state index in [-0.39, 0.29) is 42.8 Å². The first-order chi connectivity index (χ1) is 20.1. The predicted octanol–water partition coefficient (Wildman–Crippen LogP) is 3.04. The Labute approximate surface area is 247 Å². The quantitative estimate of drug-likeness (QED) is 0.310. The van der Waals surface area contributed by atoms with E-state index in [1.165, 1.54) is 35.5 Å². The lowest BCUT2D eigenvalue weighted by atomic mass is 9.98. The van der Waals surface area contributed by atoms with Crippen LogP contribution in [0.4, 0.5) is 10.5 Å². The molecule has 1 saturated carbocycles. The number of aromatic nitrogens is 1. The van der Waals surface area contributed by atoms with E-state index in [1.807, 2.05) is 30.3 Å². The first-order valence-electron chi connectivity index (χ1n) is 14.1. The third-order valence-corrected chi connectivity index (χ3v) is 9.43. The van der Waals surface area contributed by atoms with Crippen molar-refractivity contribution in [3.8, 4) is 0 Å². The molecule has 3 aromatic rings. The van der Waals surface area contributed by atoms with Gasteiger partial charge in [-0.1, -0.05) is 49.2 Å². The summed E-state index contributed by atoms with van der Waals surface area (Å²) in [5.41, 5.74) is 1.87. The summed E-state index contributed by atoms with van der Waals surface area (Å²) in [6.07, 6.45) is 4.21. The molecule has 2 aromatic carbocycles. The molecular weight excluding hydrogens is 556 g/mol. The van der Waals surface area contributed by atoms with E-state index < -0.39 is 28.3 Å². The average Bonchev–Trinajstić information content (AvgIpc) is 3.49. The fraction of sp³-hybridized carbons (Fsp3) is 0.387. The highest BCUT2D eigenvalue weighted by Gasteiger charge is 2.35. The number of hydrogen-bond donors (Lipinski definition) is 2. The van der Waals surface area contributed by atoms with Crippen molar-refractivity contribution >= 4 is 27.7 Å². The van der Waals surface area contributed by atoms with Gasteiger partial charge in [0.05, 0.1) is 17.0 Å². The standard InChI is InChI=1S/C31H38N4O6S/c1-23(36)33-27-13-15-28(16-14-27)42(40,41)34(20-25-10-5-6-11-25)22-30(37)29(18-24-8-3-2-4-9-24)35(31(38)39)21-26-12-7-17-32-19-26/h2-4,7-9,12-17,19,25,29-30,37H,5-6,10-11,18,20-22H2,1H3,(H,33,36)(H,38,39)/p-1/t29-,30+/m0/s1. The number of pyridine rings is 1. The van der Waals surface area contributed by atoms with Gasteiger partial charge in [0.25, 0.3) is 0 Å². The number of carboxylic acid groups (broad SMARTS) is 1. The molecule has 0 saturated heterocycles. The molecule has 1 heterocycles. The summed E-state index contributed by atoms with van der Waals surface area (Å²) < 4.78 is 29.2. The van der Waals surface area contributed by atoms with E-state index in [1.54, 1.807) is 24.5 Å². The maximum atomic E-state index is 13.9. The molecule has 0 spiro atoms. The second kappa shape index (κ2) is 14.4. The Kier molecular flexibility index (Phi) is 10.7. The number of sulfonamides is 1. The summed E-state index contributed by atoms with van der Waals surface area (Å²) in [6.45, 7) is 1.19. The summed E-state index contributed by atoms with van der Waals surface area (Å²) in [5, 5.41) is 26.7. The van der Waals surface area contributed by atoms with E-state index >= 15 is 0 Å². The third-order valence-electron chi connectivity index (χ3n) is 7.58. The van der Waals surface area contributed by atoms with Gasteiger partial charge in [-0.15, -0.1) is 0 Å². The van der Waals surface area contributed by atoms with Crippen LogP contribution in [0.2, 0.25) is 0 Å². The molecule has 1 aromatic heterocycles. The Balaban J connectivity index is 1.65. The minimum atomic E-state index is -4.07. The van der Waals surface area contributed by atoms with Crippen molar-refractivity contribution in [1.29, 1.82) is 0 Å². The van der Waals surface area contributed by atoms with Gasteiger partial charge in [0, 0.05) is 44.6 Å². The SMILES string of the molecule is CC(=O)Nc1ccc(S(=O)(=O)N(CC2CCCC2)C[C@@H](O)[C@H](Cc2ccccc2)N(Cc2cccnc2)C(=O)[O-])cc1. The number of aliphatic hydroxyl groups is 1. The minimum Gasteiger partial charge on any atom is -0.530 e. The number of benzene rings is 2. The summed E-state index contributed by atoms with van der Waals surface area (Å²) in [4.78, 5) is 29.0. The molecule has 0 aliphatic heterocycles. The van der Waals surface area contributed by atoms with Crippen LogP contribution in [0.3, 0.4) is 0 Å². The van der Waals surface area contributed by atoms with Crippen LogP contribution >= 0.6 is 0 Å². The highest BCUT2D eigenvalue weighted by Crippen LogP contribution is 2.29. The van der Waals surface area contributed by atoms with Crippen LogP contribution in [0, 0.1) is 5.92 Å². The first kappa shape index (κ1) is 31.1. The van der Waals surface area contributed by atoms with Crippen LogP contribution in [0.5, 0.6) is 0 Å². The van der Waals surface area contributed by atoms with Gasteiger partial charge >= 0.3 is 0 Å². The Morgan fingerprint density at radius 2 is 1.69 bits per heavy atom. The molecule has 2 atom stereocenters. The zero-order valence-electron chi connectivity index (χ0n) is 23.6. The predicted molar refractivity (Wildman–Crippen MR) is 157 cm³/mol. The smallest absolute Gasteiger partial charge is 0.243 e. The van der Waals surface area contributed by atoms with Crippen LogP contribution in [-0.4, -0.2) is 64.9 Å². The molecule has 42 heavy (non-hydrogen) atoms. The van der Waals surface area contributed by atoms with Gasteiger partial charge < -0.3 is 25.2 Å². The number of aliphatic hydroxyl groups excluding tert-OH is 1. The number of nitrogens with one attached hydrogen (secondary N) is 1. The highest BCUT2D eigenvalue weighted by atomic mass is 32.2. The molecule has 1 fully saturated rings. The van der Waals surface area contributed by atoms with Crippen LogP contribution in [0.25, 0.3) is 0 Å². The van der Waals surface area contributed by atoms with Gasteiger partial charge in [-0.2, -0.15) is 4.31 Å². The Morgan fingerprint density at radius 3 is 2.29 bits per heavy atom. The van der Waals surface area contributed by atoms with Crippen LogP contribution in [0.15, 0.2) is 84.0 Å². The molecule has 10 nitrogen and oxygen atoms in total. The number of amides is 2. The van der Waals surface area contributed by atoms with Crippen molar-refractivity contribution < 1.29 is 28.2 Å². The normalized spacial score (nSPS) is 15.3. The largest absolute Gasteiger partial charge is 0.530 e. The number of carbonyl (C=O) groups is 2. The molecule has 0 bridgehead atoms. The number of carbonyl (C=O) groups excluding carboxylic acids is 2. The van der Waals surface area contributed by atoms with Gasteiger partial charge in [0.1, 0.15) is 6.09 Å². The Bertz CT molecular complexity index is 1410. The van der Waals surface area contributed by atoms with E-state index in [0.29, 0.717) is 11.3 Å². The topological polar surface area (TPSA) is 143 Å². The Morgan fingerprint density at radius 1 is 1.02 bits per heavy atom. The van der Waals surface area contributed by atoms with Crippen molar-refractivity contribution in [3.05, 3.63) is 90.3 Å². The molecular formula is C31H37N4O6S-. The molecule has 0 radical (unpaired) electrons. The number of hydrogen-bond acceptors (Lipinski definition) is 7. The van der Waals surface area contributed by atoms with E-state index in [0.717, 1.165) is 36.1 Å². The summed E-state index contributed by atoms with van der Waals surface area (Å²) in [6, 6.07) is 17.5. The van der Waals surface area contributed by atoms with Crippen molar-refractivity contribution in [2.45, 2.75) is 62.6 Å². The Hall–Kier alpha value is -3.80. The van der Waals surface area contributed by atoms with Crippen molar-refractivity contribution in [2.75, 3.05) is 18.4 Å². The second-order valence-electron chi connectivity index (χ2n) is 10.8. The fourth-order valence-electron chi connectivity index (χ4n) is 5.46. The monoisotopic (exact) mass is 593 g/mol. The van der Waals surface area contributed by atoms with Crippen molar-refractivity contribution in [2.24, 2.45) is 5.92 Å². The van der Waals surface area contributed by atoms with Gasteiger partial charge in [-0.25, -0.2) is 8.42 Å².